The van der Waals surface area contributed by atoms with E-state index in [0.717, 1.165) is 17.3 Å². The van der Waals surface area contributed by atoms with E-state index in [4.69, 9.17) is 5.11 Å². The highest BCUT2D eigenvalue weighted by atomic mass is 32.2. The van der Waals surface area contributed by atoms with Crippen LogP contribution in [0.15, 0.2) is 24.3 Å². The molecule has 0 radical (unpaired) electrons. The standard InChI is InChI=1S/C12H14F3NO2S/c13-12(14,15)8-19-5-4-16-7-9-2-1-3-10(6-9)11(17)18/h1-3,6,16H,4-5,7-8H2,(H,17,18). The molecule has 7 heteroatoms. The first-order chi connectivity index (χ1) is 8.88. The Morgan fingerprint density at radius 3 is 2.74 bits per heavy atom. The van der Waals surface area contributed by atoms with Gasteiger partial charge in [-0.1, -0.05) is 12.1 Å². The summed E-state index contributed by atoms with van der Waals surface area (Å²) in [5.41, 5.74) is 0.992. The average molecular weight is 293 g/mol. The van der Waals surface area contributed by atoms with Gasteiger partial charge in [0.1, 0.15) is 0 Å². The van der Waals surface area contributed by atoms with E-state index in [1.807, 2.05) is 0 Å². The summed E-state index contributed by atoms with van der Waals surface area (Å²) in [4.78, 5) is 10.7. The fourth-order valence-corrected chi connectivity index (χ4v) is 2.04. The van der Waals surface area contributed by atoms with Crippen molar-refractivity contribution in [1.82, 2.24) is 5.32 Å². The van der Waals surface area contributed by atoms with Gasteiger partial charge in [-0.25, -0.2) is 4.79 Å². The second-order valence-corrected chi connectivity index (χ2v) is 4.96. The highest BCUT2D eigenvalue weighted by molar-refractivity contribution is 7.99. The number of rotatable bonds is 7. The van der Waals surface area contributed by atoms with Gasteiger partial charge in [-0.15, -0.1) is 0 Å². The first kappa shape index (κ1) is 15.8. The van der Waals surface area contributed by atoms with Crippen LogP contribution in [0.3, 0.4) is 0 Å². The molecule has 2 N–H and O–H groups in total. The van der Waals surface area contributed by atoms with Crippen LogP contribution in [0.5, 0.6) is 0 Å². The van der Waals surface area contributed by atoms with Gasteiger partial charge in [0, 0.05) is 18.8 Å². The third kappa shape index (κ3) is 7.07. The third-order valence-electron chi connectivity index (χ3n) is 2.19. The van der Waals surface area contributed by atoms with Gasteiger partial charge in [0.15, 0.2) is 0 Å². The lowest BCUT2D eigenvalue weighted by Gasteiger charge is -2.07. The molecule has 19 heavy (non-hydrogen) atoms. The summed E-state index contributed by atoms with van der Waals surface area (Å²) < 4.78 is 35.6. The number of alkyl halides is 3. The number of aromatic carboxylic acids is 1. The highest BCUT2D eigenvalue weighted by Crippen LogP contribution is 2.20. The molecular formula is C12H14F3NO2S. The molecule has 0 aliphatic carbocycles. The van der Waals surface area contributed by atoms with E-state index in [1.54, 1.807) is 12.1 Å². The van der Waals surface area contributed by atoms with E-state index < -0.39 is 17.9 Å². The molecule has 1 aromatic carbocycles. The molecule has 0 saturated heterocycles. The van der Waals surface area contributed by atoms with Crippen molar-refractivity contribution < 1.29 is 23.1 Å². The quantitative estimate of drug-likeness (QED) is 0.759. The molecule has 0 aromatic heterocycles. The van der Waals surface area contributed by atoms with Crippen LogP contribution < -0.4 is 5.32 Å². The summed E-state index contributed by atoms with van der Waals surface area (Å²) in [5, 5.41) is 11.8. The molecule has 1 rings (SSSR count). The van der Waals surface area contributed by atoms with Gasteiger partial charge in [0.25, 0.3) is 0 Å². The summed E-state index contributed by atoms with van der Waals surface area (Å²) >= 11 is 0.822. The minimum atomic E-state index is -4.12. The number of halogens is 3. The van der Waals surface area contributed by atoms with Gasteiger partial charge < -0.3 is 10.4 Å². The van der Waals surface area contributed by atoms with E-state index in [0.29, 0.717) is 18.8 Å². The minimum absolute atomic E-state index is 0.200. The SMILES string of the molecule is O=C(O)c1cccc(CNCCSCC(F)(F)F)c1. The Hall–Kier alpha value is -1.21. The molecule has 0 aliphatic heterocycles. The van der Waals surface area contributed by atoms with Crippen LogP contribution in [-0.2, 0) is 6.54 Å². The molecule has 0 fully saturated rings. The van der Waals surface area contributed by atoms with Crippen molar-refractivity contribution >= 4 is 17.7 Å². The number of carboxylic acids is 1. The number of hydrogen-bond donors (Lipinski definition) is 2. The summed E-state index contributed by atoms with van der Waals surface area (Å²) in [6.45, 7) is 0.881. The topological polar surface area (TPSA) is 49.3 Å². The lowest BCUT2D eigenvalue weighted by atomic mass is 10.1. The normalized spacial score (nSPS) is 11.5. The van der Waals surface area contributed by atoms with E-state index in [-0.39, 0.29) is 5.56 Å². The molecule has 0 aliphatic rings. The number of carbonyl (C=O) groups is 1. The van der Waals surface area contributed by atoms with Crippen molar-refractivity contribution in [1.29, 1.82) is 0 Å². The maximum Gasteiger partial charge on any atom is 0.397 e. The fraction of sp³-hybridized carbons (Fsp3) is 0.417. The van der Waals surface area contributed by atoms with Crippen LogP contribution in [0.2, 0.25) is 0 Å². The van der Waals surface area contributed by atoms with Gasteiger partial charge in [-0.2, -0.15) is 24.9 Å². The van der Waals surface area contributed by atoms with E-state index in [9.17, 15) is 18.0 Å². The first-order valence-corrected chi connectivity index (χ1v) is 6.71. The van der Waals surface area contributed by atoms with Gasteiger partial charge in [-0.3, -0.25) is 0 Å². The van der Waals surface area contributed by atoms with Crippen molar-refractivity contribution in [2.24, 2.45) is 0 Å². The highest BCUT2D eigenvalue weighted by Gasteiger charge is 2.26. The molecule has 3 nitrogen and oxygen atoms in total. The monoisotopic (exact) mass is 293 g/mol. The van der Waals surface area contributed by atoms with Crippen LogP contribution in [0.1, 0.15) is 15.9 Å². The lowest BCUT2D eigenvalue weighted by molar-refractivity contribution is -0.105. The number of thioether (sulfide) groups is 1. The van der Waals surface area contributed by atoms with Crippen LogP contribution in [0.4, 0.5) is 13.2 Å². The van der Waals surface area contributed by atoms with Gasteiger partial charge in [0.2, 0.25) is 0 Å². The average Bonchev–Trinajstić information content (AvgIpc) is 2.32. The molecule has 0 bridgehead atoms. The molecule has 0 unspecified atom stereocenters. The molecule has 106 valence electrons. The smallest absolute Gasteiger partial charge is 0.397 e. The Labute approximate surface area is 113 Å². The van der Waals surface area contributed by atoms with Crippen molar-refractivity contribution in [3.05, 3.63) is 35.4 Å². The van der Waals surface area contributed by atoms with Crippen LogP contribution >= 0.6 is 11.8 Å². The Morgan fingerprint density at radius 1 is 1.37 bits per heavy atom. The van der Waals surface area contributed by atoms with Crippen molar-refractivity contribution in [3.63, 3.8) is 0 Å². The molecular weight excluding hydrogens is 279 g/mol. The van der Waals surface area contributed by atoms with Crippen LogP contribution in [0.25, 0.3) is 0 Å². The Morgan fingerprint density at radius 2 is 2.11 bits per heavy atom. The van der Waals surface area contributed by atoms with Crippen molar-refractivity contribution in [2.45, 2.75) is 12.7 Å². The maximum absolute atomic E-state index is 11.9. The van der Waals surface area contributed by atoms with Gasteiger partial charge >= 0.3 is 12.1 Å². The maximum atomic E-state index is 11.9. The number of benzene rings is 1. The molecule has 0 heterocycles. The predicted octanol–water partition coefficient (Wildman–Crippen LogP) is 2.77. The van der Waals surface area contributed by atoms with Gasteiger partial charge in [-0.05, 0) is 17.7 Å². The van der Waals surface area contributed by atoms with E-state index >= 15 is 0 Å². The van der Waals surface area contributed by atoms with E-state index in [1.165, 1.54) is 12.1 Å². The summed E-state index contributed by atoms with van der Waals surface area (Å²) in [6.07, 6.45) is -4.12. The second kappa shape index (κ2) is 7.40. The number of hydrogen-bond acceptors (Lipinski definition) is 3. The molecule has 0 atom stereocenters. The van der Waals surface area contributed by atoms with Gasteiger partial charge in [0.05, 0.1) is 11.3 Å². The zero-order valence-electron chi connectivity index (χ0n) is 10.0. The zero-order valence-corrected chi connectivity index (χ0v) is 10.9. The lowest BCUT2D eigenvalue weighted by Crippen LogP contribution is -2.18. The Bertz CT molecular complexity index is 424. The Kier molecular flexibility index (Phi) is 6.17. The molecule has 0 spiro atoms. The molecule has 1 aromatic rings. The number of nitrogens with one attached hydrogen (secondary N) is 1. The first-order valence-electron chi connectivity index (χ1n) is 5.56. The number of carboxylic acid groups (broad SMARTS) is 1. The predicted molar refractivity (Wildman–Crippen MR) is 68.5 cm³/mol. The second-order valence-electron chi connectivity index (χ2n) is 3.85. The molecule has 0 saturated carbocycles. The van der Waals surface area contributed by atoms with E-state index in [2.05, 4.69) is 5.32 Å². The summed E-state index contributed by atoms with van der Waals surface area (Å²) in [5.74, 6) is -1.48. The van der Waals surface area contributed by atoms with Crippen LogP contribution in [0, 0.1) is 0 Å². The van der Waals surface area contributed by atoms with Crippen LogP contribution in [-0.4, -0.2) is 35.3 Å². The Balaban J connectivity index is 2.23. The van der Waals surface area contributed by atoms with Crippen molar-refractivity contribution in [3.8, 4) is 0 Å². The van der Waals surface area contributed by atoms with Crippen molar-refractivity contribution in [2.75, 3.05) is 18.1 Å². The fourth-order valence-electron chi connectivity index (χ4n) is 1.38. The minimum Gasteiger partial charge on any atom is -0.478 e. The third-order valence-corrected chi connectivity index (χ3v) is 3.22. The largest absolute Gasteiger partial charge is 0.478 e. The molecule has 0 amide bonds. The summed E-state index contributed by atoms with van der Waals surface area (Å²) in [6, 6.07) is 6.43. The summed E-state index contributed by atoms with van der Waals surface area (Å²) in [7, 11) is 0. The zero-order chi connectivity index (χ0) is 14.3.